The van der Waals surface area contributed by atoms with Crippen molar-refractivity contribution in [1.82, 2.24) is 24.7 Å². The normalized spacial score (nSPS) is 12.2. The van der Waals surface area contributed by atoms with Crippen molar-refractivity contribution < 1.29 is 17.7 Å². The summed E-state index contributed by atoms with van der Waals surface area (Å²) >= 11 is 6.10. The van der Waals surface area contributed by atoms with Gasteiger partial charge in [-0.15, -0.1) is 0 Å². The number of aromatic nitrogens is 5. The number of alkyl halides is 3. The van der Waals surface area contributed by atoms with Crippen LogP contribution in [0.25, 0.3) is 17.1 Å². The predicted molar refractivity (Wildman–Crippen MR) is 61.0 cm³/mol. The van der Waals surface area contributed by atoms with Crippen molar-refractivity contribution in [2.45, 2.75) is 13.1 Å². The summed E-state index contributed by atoms with van der Waals surface area (Å²) in [6.07, 6.45) is -3.40. The van der Waals surface area contributed by atoms with Crippen LogP contribution in [-0.4, -0.2) is 24.7 Å². The van der Waals surface area contributed by atoms with E-state index in [1.165, 1.54) is 10.8 Å². The van der Waals surface area contributed by atoms with Gasteiger partial charge in [-0.2, -0.15) is 23.3 Å². The summed E-state index contributed by atoms with van der Waals surface area (Å²) < 4.78 is 43.3. The Morgan fingerprint density at radius 2 is 2.10 bits per heavy atom. The van der Waals surface area contributed by atoms with Gasteiger partial charge in [0.1, 0.15) is 11.5 Å². The monoisotopic (exact) mass is 303 g/mol. The van der Waals surface area contributed by atoms with Crippen molar-refractivity contribution in [2.75, 3.05) is 0 Å². The zero-order chi connectivity index (χ0) is 14.5. The zero-order valence-corrected chi connectivity index (χ0v) is 10.6. The van der Waals surface area contributed by atoms with Crippen molar-refractivity contribution in [3.8, 4) is 11.5 Å². The summed E-state index contributed by atoms with van der Waals surface area (Å²) in [7, 11) is 0. The first-order valence-corrected chi connectivity index (χ1v) is 5.66. The van der Waals surface area contributed by atoms with Crippen LogP contribution in [0.15, 0.2) is 16.9 Å². The molecule has 3 aromatic rings. The summed E-state index contributed by atoms with van der Waals surface area (Å²) in [6.45, 7) is 1.65. The van der Waals surface area contributed by atoms with Crippen LogP contribution in [0.3, 0.4) is 0 Å². The predicted octanol–water partition coefficient (Wildman–Crippen LogP) is 2.76. The van der Waals surface area contributed by atoms with E-state index in [0.29, 0.717) is 11.2 Å². The van der Waals surface area contributed by atoms with E-state index in [9.17, 15) is 13.2 Å². The lowest BCUT2D eigenvalue weighted by Gasteiger charge is -2.05. The molecular weight excluding hydrogens is 299 g/mol. The maximum absolute atomic E-state index is 12.5. The van der Waals surface area contributed by atoms with Crippen molar-refractivity contribution in [2.24, 2.45) is 0 Å². The maximum Gasteiger partial charge on any atom is 0.455 e. The molecule has 3 rings (SSSR count). The molecule has 0 amide bonds. The Hall–Kier alpha value is -2.16. The minimum absolute atomic E-state index is 0.0508. The van der Waals surface area contributed by atoms with Gasteiger partial charge in [0.25, 0.3) is 11.7 Å². The van der Waals surface area contributed by atoms with Crippen molar-refractivity contribution in [3.63, 3.8) is 0 Å². The summed E-state index contributed by atoms with van der Waals surface area (Å²) in [5.41, 5.74) is 1.20. The molecule has 0 saturated carbocycles. The Balaban J connectivity index is 2.21. The second-order valence-corrected chi connectivity index (χ2v) is 4.30. The van der Waals surface area contributed by atoms with Crippen molar-refractivity contribution in [1.29, 1.82) is 0 Å². The highest BCUT2D eigenvalue weighted by molar-refractivity contribution is 6.32. The number of nitrogens with zero attached hydrogens (tertiary/aromatic N) is 5. The first-order chi connectivity index (χ1) is 9.38. The van der Waals surface area contributed by atoms with Crippen LogP contribution in [0.2, 0.25) is 5.15 Å². The summed E-state index contributed by atoms with van der Waals surface area (Å²) in [4.78, 5) is 7.26. The van der Waals surface area contributed by atoms with Gasteiger partial charge < -0.3 is 4.52 Å². The third-order valence-corrected chi connectivity index (χ3v) is 2.95. The first-order valence-electron chi connectivity index (χ1n) is 5.28. The summed E-state index contributed by atoms with van der Waals surface area (Å²) in [5, 5.41) is 6.81. The third kappa shape index (κ3) is 1.90. The van der Waals surface area contributed by atoms with Crippen molar-refractivity contribution in [3.05, 3.63) is 28.9 Å². The minimum Gasteiger partial charge on any atom is -0.334 e. The number of rotatable bonds is 1. The number of hydrogen-bond acceptors (Lipinski definition) is 5. The van der Waals surface area contributed by atoms with Gasteiger partial charge in [0.2, 0.25) is 0 Å². The van der Waals surface area contributed by atoms with Gasteiger partial charge in [-0.05, 0) is 18.6 Å². The van der Waals surface area contributed by atoms with E-state index in [0.717, 1.165) is 0 Å². The average Bonchev–Trinajstić information content (AvgIpc) is 2.95. The highest BCUT2D eigenvalue weighted by Crippen LogP contribution is 2.33. The van der Waals surface area contributed by atoms with Crippen LogP contribution in [0.1, 0.15) is 11.4 Å². The van der Waals surface area contributed by atoms with E-state index >= 15 is 0 Å². The van der Waals surface area contributed by atoms with E-state index in [1.54, 1.807) is 13.0 Å². The second kappa shape index (κ2) is 4.17. The molecule has 0 aromatic carbocycles. The van der Waals surface area contributed by atoms with E-state index in [2.05, 4.69) is 24.7 Å². The average molecular weight is 304 g/mol. The number of halogens is 4. The third-order valence-electron chi connectivity index (χ3n) is 2.60. The molecule has 0 saturated heterocycles. The second-order valence-electron chi connectivity index (χ2n) is 3.94. The molecule has 3 aromatic heterocycles. The standard InChI is InChI=1S/C10H5ClF3N5O/c1-4-2-5-15-3-16-19(5)7(11)6(4)8-17-9(18-20-8)10(12,13)14/h2-3H,1H3. The van der Waals surface area contributed by atoms with Gasteiger partial charge in [0.15, 0.2) is 5.65 Å². The lowest BCUT2D eigenvalue weighted by atomic mass is 10.1. The molecule has 0 radical (unpaired) electrons. The molecule has 104 valence electrons. The van der Waals surface area contributed by atoms with Gasteiger partial charge in [-0.25, -0.2) is 9.50 Å². The molecule has 0 N–H and O–H groups in total. The van der Waals surface area contributed by atoms with Gasteiger partial charge in [0, 0.05) is 0 Å². The molecule has 0 aliphatic heterocycles. The lowest BCUT2D eigenvalue weighted by molar-refractivity contribution is -0.146. The van der Waals surface area contributed by atoms with Crippen molar-refractivity contribution >= 4 is 17.2 Å². The maximum atomic E-state index is 12.5. The molecule has 0 fully saturated rings. The smallest absolute Gasteiger partial charge is 0.334 e. The Bertz CT molecular complexity index is 794. The fraction of sp³-hybridized carbons (Fsp3) is 0.200. The molecule has 20 heavy (non-hydrogen) atoms. The largest absolute Gasteiger partial charge is 0.455 e. The Morgan fingerprint density at radius 3 is 2.75 bits per heavy atom. The van der Waals surface area contributed by atoms with Crippen LogP contribution in [0.5, 0.6) is 0 Å². The first kappa shape index (κ1) is 12.9. The number of aryl methyl sites for hydroxylation is 1. The van der Waals surface area contributed by atoms with Crippen LogP contribution in [0, 0.1) is 6.92 Å². The van der Waals surface area contributed by atoms with E-state index in [1.807, 2.05) is 0 Å². The van der Waals surface area contributed by atoms with Gasteiger partial charge in [-0.3, -0.25) is 0 Å². The molecule has 0 spiro atoms. The molecule has 10 heteroatoms. The molecule has 0 aliphatic rings. The topological polar surface area (TPSA) is 69.1 Å². The SMILES string of the molecule is Cc1cc2ncnn2c(Cl)c1-c1nc(C(F)(F)F)no1. The van der Waals surface area contributed by atoms with E-state index in [-0.39, 0.29) is 16.6 Å². The molecule has 0 unspecified atom stereocenters. The zero-order valence-electron chi connectivity index (χ0n) is 9.81. The van der Waals surface area contributed by atoms with Crippen LogP contribution >= 0.6 is 11.6 Å². The fourth-order valence-corrected chi connectivity index (χ4v) is 2.09. The number of pyridine rings is 1. The Labute approximate surface area is 114 Å². The summed E-state index contributed by atoms with van der Waals surface area (Å²) in [6, 6.07) is 1.60. The number of fused-ring (bicyclic) bond motifs is 1. The fourth-order valence-electron chi connectivity index (χ4n) is 1.73. The lowest BCUT2D eigenvalue weighted by Crippen LogP contribution is -2.07. The van der Waals surface area contributed by atoms with Gasteiger partial charge in [0.05, 0.1) is 5.56 Å². The van der Waals surface area contributed by atoms with Crippen LogP contribution < -0.4 is 0 Å². The van der Waals surface area contributed by atoms with Gasteiger partial charge in [-0.1, -0.05) is 16.8 Å². The van der Waals surface area contributed by atoms with Gasteiger partial charge >= 0.3 is 6.18 Å². The van der Waals surface area contributed by atoms with E-state index < -0.39 is 12.0 Å². The molecule has 6 nitrogen and oxygen atoms in total. The van der Waals surface area contributed by atoms with E-state index in [4.69, 9.17) is 11.6 Å². The Morgan fingerprint density at radius 1 is 1.35 bits per heavy atom. The summed E-state index contributed by atoms with van der Waals surface area (Å²) in [5.74, 6) is -1.68. The van der Waals surface area contributed by atoms with Crippen LogP contribution in [-0.2, 0) is 6.18 Å². The van der Waals surface area contributed by atoms with Crippen LogP contribution in [0.4, 0.5) is 13.2 Å². The molecule has 3 heterocycles. The molecule has 0 bridgehead atoms. The molecule has 0 atom stereocenters. The molecule has 0 aliphatic carbocycles. The quantitative estimate of drug-likeness (QED) is 0.647. The number of hydrogen-bond donors (Lipinski definition) is 0. The molecular formula is C10H5ClF3N5O. The minimum atomic E-state index is -4.68. The highest BCUT2D eigenvalue weighted by atomic mass is 35.5. The Kier molecular flexibility index (Phi) is 2.68. The highest BCUT2D eigenvalue weighted by Gasteiger charge is 2.37.